The van der Waals surface area contributed by atoms with Gasteiger partial charge in [-0.3, -0.25) is 0 Å². The fourth-order valence-corrected chi connectivity index (χ4v) is 1.54. The summed E-state index contributed by atoms with van der Waals surface area (Å²) in [5.41, 5.74) is 0.675. The smallest absolute Gasteiger partial charge is 0.387 e. The van der Waals surface area contributed by atoms with Gasteiger partial charge >= 0.3 is 6.61 Å². The van der Waals surface area contributed by atoms with Crippen LogP contribution in [-0.2, 0) is 11.4 Å². The minimum absolute atomic E-state index is 0.0825. The van der Waals surface area contributed by atoms with E-state index in [1.807, 2.05) is 20.8 Å². The largest absolute Gasteiger partial charge is 0.591 e. The van der Waals surface area contributed by atoms with Crippen LogP contribution in [0.25, 0.3) is 0 Å². The Morgan fingerprint density at radius 2 is 1.83 bits per heavy atom. The second kappa shape index (κ2) is 6.15. The average Bonchev–Trinajstić information content (AvgIpc) is 2.25. The molecular formula is C12H15F2NO2S. The summed E-state index contributed by atoms with van der Waals surface area (Å²) in [5, 5.41) is 0. The minimum Gasteiger partial charge on any atom is -0.591 e. The summed E-state index contributed by atoms with van der Waals surface area (Å²) in [4.78, 5) is 0. The molecule has 0 aliphatic carbocycles. The Bertz CT molecular complexity index is 402. The van der Waals surface area contributed by atoms with Gasteiger partial charge in [0, 0.05) is 0 Å². The molecule has 3 nitrogen and oxygen atoms in total. The summed E-state index contributed by atoms with van der Waals surface area (Å²) >= 11 is -1.33. The monoisotopic (exact) mass is 275 g/mol. The van der Waals surface area contributed by atoms with E-state index < -0.39 is 22.7 Å². The van der Waals surface area contributed by atoms with Crippen molar-refractivity contribution in [2.75, 3.05) is 0 Å². The molecule has 6 heteroatoms. The molecule has 0 spiro atoms. The maximum Gasteiger partial charge on any atom is 0.387 e. The van der Waals surface area contributed by atoms with Crippen LogP contribution in [0.15, 0.2) is 28.7 Å². The van der Waals surface area contributed by atoms with Gasteiger partial charge in [0.2, 0.25) is 0 Å². The van der Waals surface area contributed by atoms with E-state index in [1.54, 1.807) is 12.1 Å². The zero-order valence-electron chi connectivity index (χ0n) is 10.4. The number of nitrogens with zero attached hydrogens (tertiary/aromatic N) is 1. The van der Waals surface area contributed by atoms with Crippen molar-refractivity contribution in [3.63, 3.8) is 0 Å². The lowest BCUT2D eigenvalue weighted by molar-refractivity contribution is -0.0498. The first-order valence-electron chi connectivity index (χ1n) is 5.30. The van der Waals surface area contributed by atoms with Crippen LogP contribution < -0.4 is 4.74 Å². The van der Waals surface area contributed by atoms with Gasteiger partial charge in [-0.05, 0) is 50.6 Å². The second-order valence-electron chi connectivity index (χ2n) is 4.54. The van der Waals surface area contributed by atoms with Crippen LogP contribution in [0, 0.1) is 0 Å². The first-order valence-corrected chi connectivity index (χ1v) is 6.40. The second-order valence-corrected chi connectivity index (χ2v) is 6.48. The predicted octanol–water partition coefficient (Wildman–Crippen LogP) is 3.17. The molecule has 0 fully saturated rings. The van der Waals surface area contributed by atoms with Gasteiger partial charge in [-0.25, -0.2) is 0 Å². The standard InChI is InChI=1S/C12H15F2NO2S/c1-12(2,3)18(16)15-8-9-4-6-10(7-5-9)17-11(13)14/h4-8,11H,1-3H3/b15-8+. The van der Waals surface area contributed by atoms with Crippen molar-refractivity contribution in [3.8, 4) is 5.75 Å². The molecule has 0 aromatic heterocycles. The summed E-state index contributed by atoms with van der Waals surface area (Å²) in [6.07, 6.45) is 1.45. The predicted molar refractivity (Wildman–Crippen MR) is 68.6 cm³/mol. The Morgan fingerprint density at radius 3 is 2.28 bits per heavy atom. The topological polar surface area (TPSA) is 44.7 Å². The number of hydrogen-bond donors (Lipinski definition) is 0. The molecule has 0 aliphatic heterocycles. The normalized spacial score (nSPS) is 14.2. The van der Waals surface area contributed by atoms with E-state index in [1.165, 1.54) is 18.3 Å². The summed E-state index contributed by atoms with van der Waals surface area (Å²) in [6, 6.07) is 5.96. The van der Waals surface area contributed by atoms with Crippen molar-refractivity contribution in [1.82, 2.24) is 0 Å². The minimum atomic E-state index is -2.84. The van der Waals surface area contributed by atoms with Crippen molar-refractivity contribution in [2.45, 2.75) is 32.1 Å². The van der Waals surface area contributed by atoms with Crippen LogP contribution in [0.3, 0.4) is 0 Å². The van der Waals surface area contributed by atoms with Gasteiger partial charge in [0.05, 0.1) is 6.21 Å². The Balaban J connectivity index is 2.66. The maximum absolute atomic E-state index is 11.9. The van der Waals surface area contributed by atoms with E-state index in [4.69, 9.17) is 0 Å². The Kier molecular flexibility index (Phi) is 5.10. The third-order valence-corrected chi connectivity index (χ3v) is 3.27. The number of ether oxygens (including phenoxy) is 1. The van der Waals surface area contributed by atoms with Crippen molar-refractivity contribution >= 4 is 17.6 Å². The molecule has 18 heavy (non-hydrogen) atoms. The van der Waals surface area contributed by atoms with Crippen LogP contribution in [0.1, 0.15) is 26.3 Å². The first-order chi connectivity index (χ1) is 8.29. The number of rotatable bonds is 4. The number of hydrogen-bond acceptors (Lipinski definition) is 3. The fraction of sp³-hybridized carbons (Fsp3) is 0.417. The van der Waals surface area contributed by atoms with Gasteiger partial charge in [-0.1, -0.05) is 4.40 Å². The van der Waals surface area contributed by atoms with Gasteiger partial charge in [-0.15, -0.1) is 0 Å². The van der Waals surface area contributed by atoms with Crippen LogP contribution in [0.2, 0.25) is 0 Å². The molecule has 100 valence electrons. The van der Waals surface area contributed by atoms with E-state index in [-0.39, 0.29) is 5.75 Å². The lowest BCUT2D eigenvalue weighted by Gasteiger charge is -2.17. The third kappa shape index (κ3) is 5.01. The van der Waals surface area contributed by atoms with Gasteiger partial charge < -0.3 is 9.29 Å². The highest BCUT2D eigenvalue weighted by molar-refractivity contribution is 7.91. The molecule has 0 saturated carbocycles. The zero-order chi connectivity index (χ0) is 13.8. The molecule has 0 radical (unpaired) electrons. The lowest BCUT2D eigenvalue weighted by Crippen LogP contribution is -2.25. The molecule has 1 atom stereocenters. The summed E-state index contributed by atoms with van der Waals surface area (Å²) in [7, 11) is 0. The van der Waals surface area contributed by atoms with Crippen molar-refractivity contribution in [1.29, 1.82) is 0 Å². The van der Waals surface area contributed by atoms with E-state index in [0.717, 1.165) is 0 Å². The first kappa shape index (κ1) is 14.9. The van der Waals surface area contributed by atoms with Crippen LogP contribution >= 0.6 is 0 Å². The van der Waals surface area contributed by atoms with E-state index in [9.17, 15) is 13.3 Å². The van der Waals surface area contributed by atoms with Gasteiger partial charge in [0.1, 0.15) is 21.9 Å². The van der Waals surface area contributed by atoms with Gasteiger partial charge in [-0.2, -0.15) is 8.78 Å². The molecule has 1 aromatic rings. The molecule has 1 rings (SSSR count). The molecule has 0 bridgehead atoms. The Hall–Kier alpha value is -1.14. The number of alkyl halides is 2. The average molecular weight is 275 g/mol. The molecule has 0 amide bonds. The van der Waals surface area contributed by atoms with E-state index >= 15 is 0 Å². The van der Waals surface area contributed by atoms with Crippen LogP contribution in [0.4, 0.5) is 8.78 Å². The van der Waals surface area contributed by atoms with E-state index in [2.05, 4.69) is 9.13 Å². The fourth-order valence-electron chi connectivity index (χ4n) is 1.00. The van der Waals surface area contributed by atoms with Gasteiger partial charge in [0.25, 0.3) is 0 Å². The van der Waals surface area contributed by atoms with Crippen molar-refractivity contribution < 1.29 is 18.1 Å². The summed E-state index contributed by atoms with van der Waals surface area (Å²) in [6.45, 7) is 2.62. The highest BCUT2D eigenvalue weighted by atomic mass is 32.2. The van der Waals surface area contributed by atoms with Crippen LogP contribution in [-0.4, -0.2) is 22.1 Å². The highest BCUT2D eigenvalue weighted by Gasteiger charge is 2.25. The van der Waals surface area contributed by atoms with E-state index in [0.29, 0.717) is 5.56 Å². The molecule has 0 saturated heterocycles. The summed E-state index contributed by atoms with van der Waals surface area (Å²) < 4.78 is 43.2. The van der Waals surface area contributed by atoms with Crippen molar-refractivity contribution in [3.05, 3.63) is 29.8 Å². The number of halogens is 2. The Labute approximate surface area is 108 Å². The molecule has 0 N–H and O–H groups in total. The SMILES string of the molecule is CC(C)(C)[S+]([O-])/N=C/c1ccc(OC(F)F)cc1. The van der Waals surface area contributed by atoms with Gasteiger partial charge in [0.15, 0.2) is 0 Å². The lowest BCUT2D eigenvalue weighted by atomic mass is 10.2. The molecule has 1 unspecified atom stereocenters. The molecule has 0 aliphatic rings. The van der Waals surface area contributed by atoms with Crippen molar-refractivity contribution in [2.24, 2.45) is 4.40 Å². The highest BCUT2D eigenvalue weighted by Crippen LogP contribution is 2.18. The third-order valence-electron chi connectivity index (χ3n) is 1.93. The summed E-state index contributed by atoms with van der Waals surface area (Å²) in [5.74, 6) is 0.0825. The molecule has 0 heterocycles. The molecular weight excluding hydrogens is 260 g/mol. The van der Waals surface area contributed by atoms with Crippen LogP contribution in [0.5, 0.6) is 5.75 Å². The maximum atomic E-state index is 11.9. The quantitative estimate of drug-likeness (QED) is 0.626. The Morgan fingerprint density at radius 1 is 1.28 bits per heavy atom. The number of benzene rings is 1. The zero-order valence-corrected chi connectivity index (χ0v) is 11.2. The molecule has 1 aromatic carbocycles.